The molecule has 0 bridgehead atoms. The number of aliphatic imine (C=N–C) groups is 1. The summed E-state index contributed by atoms with van der Waals surface area (Å²) in [4.78, 5) is 39.2. The van der Waals surface area contributed by atoms with E-state index in [1.807, 2.05) is 68.6 Å². The molecule has 4 rings (SSSR count). The third-order valence-electron chi connectivity index (χ3n) is 9.35. The molecule has 0 aliphatic carbocycles. The largest absolute Gasteiger partial charge is 0.494 e. The highest BCUT2D eigenvalue weighted by Gasteiger charge is 2.22. The summed E-state index contributed by atoms with van der Waals surface area (Å²) in [5.74, 6) is 0.815. The lowest BCUT2D eigenvalue weighted by Gasteiger charge is -2.30. The topological polar surface area (TPSA) is 157 Å². The monoisotopic (exact) mass is 772 g/mol. The molecule has 2 heterocycles. The number of ether oxygens (including phenoxy) is 4. The first-order valence-electron chi connectivity index (χ1n) is 19.9. The molecule has 0 saturated carbocycles. The standard InChI is InChI=1S/C43H60N6O7/c1-4-36-30-40(39-20-21-44-32-46-39)49(3)41(48-36)31-45-37-14-12-13-35(29-37)43(52)47-33(2)34-16-18-38(19-17-34)56-24-11-6-5-9-22-53-25-27-55-28-26-54-23-10-7-8-15-42(50)51/h12-14,16-21,29-30,32-33,36,45H,4-11,15,22-28,31H2,1-3H3,(H,47,52)(H,50,51)/t33-,36?/m0/s1. The van der Waals surface area contributed by atoms with Gasteiger partial charge in [0.2, 0.25) is 0 Å². The van der Waals surface area contributed by atoms with Gasteiger partial charge in [0.1, 0.15) is 17.9 Å². The zero-order valence-corrected chi connectivity index (χ0v) is 33.3. The van der Waals surface area contributed by atoms with Crippen molar-refractivity contribution in [1.82, 2.24) is 20.2 Å². The van der Waals surface area contributed by atoms with Crippen LogP contribution in [0.5, 0.6) is 5.75 Å². The van der Waals surface area contributed by atoms with Crippen LogP contribution in [0, 0.1) is 0 Å². The molecule has 0 radical (unpaired) electrons. The van der Waals surface area contributed by atoms with E-state index >= 15 is 0 Å². The second-order valence-corrected chi connectivity index (χ2v) is 13.7. The Kier molecular flexibility index (Phi) is 19.8. The number of hydrogen-bond acceptors (Lipinski definition) is 11. The molecule has 56 heavy (non-hydrogen) atoms. The number of carboxylic acid groups (broad SMARTS) is 1. The SMILES string of the molecule is CCC1C=C(c2ccncn2)N(C)C(CNc2cccc(C(=O)N[C@@H](C)c3ccc(OCCCCCCOCCOCCOCCCCCC(=O)O)cc3)c2)=N1. The van der Waals surface area contributed by atoms with Crippen LogP contribution in [-0.4, -0.2) is 104 Å². The number of amides is 1. The maximum Gasteiger partial charge on any atom is 0.303 e. The maximum absolute atomic E-state index is 13.2. The second-order valence-electron chi connectivity index (χ2n) is 13.7. The molecule has 1 aliphatic heterocycles. The molecule has 1 unspecified atom stereocenters. The summed E-state index contributed by atoms with van der Waals surface area (Å²) >= 11 is 0. The van der Waals surface area contributed by atoms with E-state index in [0.29, 0.717) is 64.8 Å². The van der Waals surface area contributed by atoms with E-state index in [1.165, 1.54) is 0 Å². The minimum atomic E-state index is -0.746. The molecule has 2 aromatic carbocycles. The van der Waals surface area contributed by atoms with E-state index < -0.39 is 5.97 Å². The average molecular weight is 773 g/mol. The highest BCUT2D eigenvalue weighted by atomic mass is 16.5. The Balaban J connectivity index is 1.05. The molecule has 1 aliphatic rings. The van der Waals surface area contributed by atoms with E-state index in [9.17, 15) is 9.59 Å². The number of carbonyl (C=O) groups excluding carboxylic acids is 1. The van der Waals surface area contributed by atoms with Gasteiger partial charge in [-0.25, -0.2) is 9.97 Å². The summed E-state index contributed by atoms with van der Waals surface area (Å²) < 4.78 is 22.6. The van der Waals surface area contributed by atoms with Crippen LogP contribution in [0.4, 0.5) is 5.69 Å². The predicted octanol–water partition coefficient (Wildman–Crippen LogP) is 7.18. The molecule has 3 N–H and O–H groups in total. The van der Waals surface area contributed by atoms with Gasteiger partial charge in [-0.1, -0.05) is 38.0 Å². The number of aromatic nitrogens is 2. The number of likely N-dealkylation sites (N-methyl/N-ethyl adjacent to an activating group) is 1. The summed E-state index contributed by atoms with van der Waals surface area (Å²) in [5.41, 5.74) is 4.26. The zero-order chi connectivity index (χ0) is 39.8. The summed E-state index contributed by atoms with van der Waals surface area (Å²) in [6.07, 6.45) is 13.1. The average Bonchev–Trinajstić information content (AvgIpc) is 3.21. The van der Waals surface area contributed by atoms with Crippen molar-refractivity contribution in [2.75, 3.05) is 65.2 Å². The van der Waals surface area contributed by atoms with Crippen molar-refractivity contribution in [2.24, 2.45) is 4.99 Å². The number of carboxylic acids is 1. The summed E-state index contributed by atoms with van der Waals surface area (Å²) in [6, 6.07) is 17.2. The maximum atomic E-state index is 13.2. The van der Waals surface area contributed by atoms with Gasteiger partial charge in [-0.05, 0) is 93.5 Å². The molecule has 1 aromatic heterocycles. The van der Waals surface area contributed by atoms with Gasteiger partial charge in [0.15, 0.2) is 0 Å². The quantitative estimate of drug-likeness (QED) is 0.0643. The van der Waals surface area contributed by atoms with Crippen molar-refractivity contribution >= 4 is 29.1 Å². The minimum Gasteiger partial charge on any atom is -0.494 e. The van der Waals surface area contributed by atoms with Gasteiger partial charge < -0.3 is 39.6 Å². The molecule has 13 nitrogen and oxygen atoms in total. The Morgan fingerprint density at radius 3 is 2.20 bits per heavy atom. The van der Waals surface area contributed by atoms with Crippen molar-refractivity contribution in [3.63, 3.8) is 0 Å². The van der Waals surface area contributed by atoms with Crippen molar-refractivity contribution in [3.05, 3.63) is 90.0 Å². The van der Waals surface area contributed by atoms with Crippen LogP contribution < -0.4 is 15.4 Å². The molecular formula is C43H60N6O7. The van der Waals surface area contributed by atoms with Crippen LogP contribution >= 0.6 is 0 Å². The van der Waals surface area contributed by atoms with Gasteiger partial charge >= 0.3 is 5.97 Å². The zero-order valence-electron chi connectivity index (χ0n) is 33.3. The molecule has 13 heteroatoms. The van der Waals surface area contributed by atoms with Crippen molar-refractivity contribution in [1.29, 1.82) is 0 Å². The first kappa shape index (κ1) is 43.9. The number of rotatable bonds is 28. The third-order valence-corrected chi connectivity index (χ3v) is 9.35. The van der Waals surface area contributed by atoms with E-state index in [0.717, 1.165) is 79.2 Å². The molecule has 0 fully saturated rings. The first-order valence-corrected chi connectivity index (χ1v) is 19.9. The molecule has 1 amide bonds. The highest BCUT2D eigenvalue weighted by molar-refractivity contribution is 5.97. The third kappa shape index (κ3) is 16.1. The number of hydrogen-bond donors (Lipinski definition) is 3. The lowest BCUT2D eigenvalue weighted by molar-refractivity contribution is -0.137. The number of nitrogens with zero attached hydrogens (tertiary/aromatic N) is 4. The first-order chi connectivity index (χ1) is 27.3. The van der Waals surface area contributed by atoms with Crippen LogP contribution in [-0.2, 0) is 19.0 Å². The fourth-order valence-corrected chi connectivity index (χ4v) is 6.04. The van der Waals surface area contributed by atoms with E-state index in [1.54, 1.807) is 12.5 Å². The number of unbranched alkanes of at least 4 members (excludes halogenated alkanes) is 5. The van der Waals surface area contributed by atoms with Crippen LogP contribution in [0.1, 0.15) is 99.3 Å². The van der Waals surface area contributed by atoms with Crippen LogP contribution in [0.3, 0.4) is 0 Å². The Morgan fingerprint density at radius 2 is 1.54 bits per heavy atom. The molecular weight excluding hydrogens is 713 g/mol. The summed E-state index contributed by atoms with van der Waals surface area (Å²) in [6.45, 7) is 8.79. The van der Waals surface area contributed by atoms with E-state index in [2.05, 4.69) is 38.5 Å². The van der Waals surface area contributed by atoms with E-state index in [4.69, 9.17) is 29.0 Å². The number of aliphatic carboxylic acids is 1. The highest BCUT2D eigenvalue weighted by Crippen LogP contribution is 2.24. The van der Waals surface area contributed by atoms with Gasteiger partial charge in [0.05, 0.1) is 63.1 Å². The number of nitrogens with one attached hydrogen (secondary N) is 2. The number of amidine groups is 1. The Hall–Kier alpha value is -4.85. The van der Waals surface area contributed by atoms with Crippen molar-refractivity contribution in [2.45, 2.75) is 83.7 Å². The van der Waals surface area contributed by atoms with Gasteiger partial charge in [0, 0.05) is 44.1 Å². The van der Waals surface area contributed by atoms with Gasteiger partial charge in [-0.2, -0.15) is 0 Å². The summed E-state index contributed by atoms with van der Waals surface area (Å²) in [7, 11) is 1.99. The van der Waals surface area contributed by atoms with Gasteiger partial charge in [0.25, 0.3) is 5.91 Å². The number of anilines is 1. The lowest BCUT2D eigenvalue weighted by atomic mass is 10.1. The van der Waals surface area contributed by atoms with Gasteiger partial charge in [-0.15, -0.1) is 0 Å². The minimum absolute atomic E-state index is 0.0626. The van der Waals surface area contributed by atoms with Crippen molar-refractivity contribution < 1.29 is 33.6 Å². The molecule has 0 saturated heterocycles. The smallest absolute Gasteiger partial charge is 0.303 e. The lowest BCUT2D eigenvalue weighted by Crippen LogP contribution is -2.36. The molecule has 2 atom stereocenters. The molecule has 0 spiro atoms. The van der Waals surface area contributed by atoms with E-state index in [-0.39, 0.29) is 24.4 Å². The fraction of sp³-hybridized carbons (Fsp3) is 0.512. The normalized spacial score (nSPS) is 14.5. The predicted molar refractivity (Wildman–Crippen MR) is 219 cm³/mol. The Labute approximate surface area is 331 Å². The van der Waals surface area contributed by atoms with Crippen LogP contribution in [0.15, 0.2) is 78.2 Å². The Bertz CT molecular complexity index is 1650. The van der Waals surface area contributed by atoms with Crippen LogP contribution in [0.2, 0.25) is 0 Å². The Morgan fingerprint density at radius 1 is 0.857 bits per heavy atom. The van der Waals surface area contributed by atoms with Crippen LogP contribution in [0.25, 0.3) is 5.70 Å². The van der Waals surface area contributed by atoms with Crippen molar-refractivity contribution in [3.8, 4) is 5.75 Å². The van der Waals surface area contributed by atoms with Gasteiger partial charge in [-0.3, -0.25) is 14.6 Å². The molecule has 304 valence electrons. The molecule has 3 aromatic rings. The number of carbonyl (C=O) groups is 2. The summed E-state index contributed by atoms with van der Waals surface area (Å²) in [5, 5.41) is 15.2. The number of benzene rings is 2. The fourth-order valence-electron chi connectivity index (χ4n) is 6.04. The second kappa shape index (κ2) is 25.3.